The average molecular weight is 486 g/mol. The molecule has 0 saturated heterocycles. The van der Waals surface area contributed by atoms with E-state index in [9.17, 15) is 22.7 Å². The van der Waals surface area contributed by atoms with Crippen LogP contribution in [0.5, 0.6) is 0 Å². The molecule has 4 rings (SSSR count). The molecule has 8 heteroatoms. The molecule has 1 aliphatic heterocycles. The number of carbonyl (C=O) groups is 1. The number of carboxylic acid groups (broad SMARTS) is 1. The number of hydrogen-bond donors (Lipinski definition) is 1. The van der Waals surface area contributed by atoms with Gasteiger partial charge in [0.1, 0.15) is 5.82 Å². The molecule has 1 heterocycles. The molecule has 0 aliphatic carbocycles. The number of benzene rings is 3. The van der Waals surface area contributed by atoms with Crippen molar-refractivity contribution in [1.82, 2.24) is 4.31 Å². The van der Waals surface area contributed by atoms with Crippen LogP contribution in [-0.2, 0) is 14.8 Å². The van der Waals surface area contributed by atoms with Crippen molar-refractivity contribution in [1.29, 1.82) is 0 Å². The molecule has 5 nitrogen and oxygen atoms in total. The van der Waals surface area contributed by atoms with Gasteiger partial charge in [-0.3, -0.25) is 0 Å². The Morgan fingerprint density at radius 3 is 2.30 bits per heavy atom. The van der Waals surface area contributed by atoms with E-state index in [0.717, 1.165) is 5.56 Å². The zero-order valence-corrected chi connectivity index (χ0v) is 19.2. The van der Waals surface area contributed by atoms with Gasteiger partial charge in [-0.25, -0.2) is 17.6 Å². The van der Waals surface area contributed by atoms with Crippen LogP contribution >= 0.6 is 11.6 Å². The van der Waals surface area contributed by atoms with Gasteiger partial charge in [-0.2, -0.15) is 4.31 Å². The van der Waals surface area contributed by atoms with Crippen LogP contribution in [-0.4, -0.2) is 23.8 Å². The van der Waals surface area contributed by atoms with Crippen molar-refractivity contribution in [3.8, 4) is 0 Å². The van der Waals surface area contributed by atoms with E-state index in [4.69, 9.17) is 11.6 Å². The van der Waals surface area contributed by atoms with E-state index >= 15 is 0 Å². The normalized spacial score (nSPS) is 19.2. The van der Waals surface area contributed by atoms with E-state index in [1.165, 1.54) is 40.7 Å². The molecule has 0 fully saturated rings. The summed E-state index contributed by atoms with van der Waals surface area (Å²) in [6.45, 7) is 1.84. The summed E-state index contributed by atoms with van der Waals surface area (Å²) in [5, 5.41) is 10.4. The van der Waals surface area contributed by atoms with Gasteiger partial charge in [0.15, 0.2) is 0 Å². The van der Waals surface area contributed by atoms with Gasteiger partial charge in [-0.15, -0.1) is 0 Å². The second-order valence-electron chi connectivity index (χ2n) is 7.87. The highest BCUT2D eigenvalue weighted by Crippen LogP contribution is 2.45. The summed E-state index contributed by atoms with van der Waals surface area (Å²) in [4.78, 5) is 12.2. The molecule has 33 heavy (non-hydrogen) atoms. The molecule has 0 aromatic heterocycles. The largest absolute Gasteiger partial charge is 0.478 e. The number of aliphatic carboxylic acids is 1. The lowest BCUT2D eigenvalue weighted by Crippen LogP contribution is -2.42. The van der Waals surface area contributed by atoms with Crippen molar-refractivity contribution in [2.75, 3.05) is 0 Å². The third-order valence-corrected chi connectivity index (χ3v) is 7.82. The van der Waals surface area contributed by atoms with Crippen molar-refractivity contribution in [3.63, 3.8) is 0 Å². The van der Waals surface area contributed by atoms with Crippen molar-refractivity contribution in [3.05, 3.63) is 112 Å². The smallest absolute Gasteiger partial charge is 0.333 e. The third-order valence-electron chi connectivity index (χ3n) is 5.68. The zero-order valence-electron chi connectivity index (χ0n) is 17.7. The first-order valence-corrected chi connectivity index (χ1v) is 12.0. The molecule has 2 atom stereocenters. The minimum atomic E-state index is -4.19. The summed E-state index contributed by atoms with van der Waals surface area (Å²) < 4.78 is 43.2. The Morgan fingerprint density at radius 1 is 1.03 bits per heavy atom. The molecule has 0 radical (unpaired) electrons. The molecule has 0 unspecified atom stereocenters. The van der Waals surface area contributed by atoms with Crippen LogP contribution in [0.4, 0.5) is 4.39 Å². The second kappa shape index (κ2) is 9.09. The highest BCUT2D eigenvalue weighted by atomic mass is 35.5. The minimum absolute atomic E-state index is 0.0279. The van der Waals surface area contributed by atoms with E-state index in [0.29, 0.717) is 16.1 Å². The van der Waals surface area contributed by atoms with Crippen molar-refractivity contribution < 1.29 is 22.7 Å². The first kappa shape index (κ1) is 23.2. The number of aryl methyl sites for hydroxylation is 1. The first-order valence-electron chi connectivity index (χ1n) is 10.2. The topological polar surface area (TPSA) is 74.7 Å². The molecule has 1 N–H and O–H groups in total. The van der Waals surface area contributed by atoms with Crippen LogP contribution in [0.2, 0.25) is 5.02 Å². The molecular formula is C25H21ClFNO4S. The predicted octanol–water partition coefficient (Wildman–Crippen LogP) is 5.68. The van der Waals surface area contributed by atoms with E-state index in [1.807, 2.05) is 6.92 Å². The molecule has 3 aromatic carbocycles. The van der Waals surface area contributed by atoms with E-state index in [1.54, 1.807) is 42.5 Å². The SMILES string of the molecule is Cc1ccc(S(=O)(=O)N2[C@@H](c3ccc(Cl)cc3)C(C(=O)O)=CC[C@H]2c2cccc(F)c2)cc1. The molecule has 0 saturated carbocycles. The second-order valence-corrected chi connectivity index (χ2v) is 10.2. The Hall–Kier alpha value is -3.00. The van der Waals surface area contributed by atoms with E-state index in [2.05, 4.69) is 0 Å². The van der Waals surface area contributed by atoms with Gasteiger partial charge in [0.25, 0.3) is 0 Å². The fraction of sp³-hybridized carbons (Fsp3) is 0.160. The molecule has 170 valence electrons. The fourth-order valence-corrected chi connectivity index (χ4v) is 5.99. The van der Waals surface area contributed by atoms with Gasteiger partial charge in [0.2, 0.25) is 10.0 Å². The molecule has 0 amide bonds. The maximum absolute atomic E-state index is 14.1. The third kappa shape index (κ3) is 4.57. The van der Waals surface area contributed by atoms with Crippen molar-refractivity contribution in [2.45, 2.75) is 30.3 Å². The van der Waals surface area contributed by atoms with Gasteiger partial charge in [-0.1, -0.05) is 59.6 Å². The summed E-state index contributed by atoms with van der Waals surface area (Å²) in [6, 6.07) is 16.5. The van der Waals surface area contributed by atoms with Crippen molar-refractivity contribution >= 4 is 27.6 Å². The molecule has 3 aromatic rings. The molecule has 0 bridgehead atoms. The zero-order chi connectivity index (χ0) is 23.8. The van der Waals surface area contributed by atoms with Crippen LogP contribution in [0.15, 0.2) is 89.3 Å². The van der Waals surface area contributed by atoms with Gasteiger partial charge in [0, 0.05) is 5.02 Å². The maximum Gasteiger partial charge on any atom is 0.333 e. The Balaban J connectivity index is 1.97. The maximum atomic E-state index is 14.1. The standard InChI is InChI=1S/C25H21ClFNO4S/c1-16-5-11-21(12-6-16)33(31,32)28-23(18-3-2-4-20(27)15-18)14-13-22(25(29)30)24(28)17-7-9-19(26)10-8-17/h2-13,15,23-24H,14H2,1H3,(H,29,30)/t23-,24-/m0/s1. The van der Waals surface area contributed by atoms with Crippen LogP contribution in [0.25, 0.3) is 0 Å². The quantitative estimate of drug-likeness (QED) is 0.505. The van der Waals surface area contributed by atoms with Crippen molar-refractivity contribution in [2.24, 2.45) is 0 Å². The Kier molecular flexibility index (Phi) is 6.38. The molecule has 1 aliphatic rings. The van der Waals surface area contributed by atoms with Gasteiger partial charge in [0.05, 0.1) is 22.6 Å². The van der Waals surface area contributed by atoms with E-state index < -0.39 is 33.9 Å². The number of hydrogen-bond acceptors (Lipinski definition) is 3. The predicted molar refractivity (Wildman–Crippen MR) is 124 cm³/mol. The highest BCUT2D eigenvalue weighted by molar-refractivity contribution is 7.89. The Morgan fingerprint density at radius 2 is 1.70 bits per heavy atom. The van der Waals surface area contributed by atoms with Gasteiger partial charge >= 0.3 is 5.97 Å². The van der Waals surface area contributed by atoms with Crippen LogP contribution < -0.4 is 0 Å². The summed E-state index contributed by atoms with van der Waals surface area (Å²) in [5.74, 6) is -1.73. The monoisotopic (exact) mass is 485 g/mol. The lowest BCUT2D eigenvalue weighted by atomic mass is 9.89. The molecule has 0 spiro atoms. The van der Waals surface area contributed by atoms with Gasteiger partial charge in [-0.05, 0) is 60.9 Å². The number of halogens is 2. The summed E-state index contributed by atoms with van der Waals surface area (Å²) in [7, 11) is -4.19. The van der Waals surface area contributed by atoms with Crippen LogP contribution in [0.1, 0.15) is 35.2 Å². The Bertz CT molecular complexity index is 1320. The first-order chi connectivity index (χ1) is 15.7. The average Bonchev–Trinajstić information content (AvgIpc) is 2.79. The fourth-order valence-electron chi connectivity index (χ4n) is 4.08. The Labute approximate surface area is 196 Å². The number of rotatable bonds is 5. The van der Waals surface area contributed by atoms with Crippen LogP contribution in [0.3, 0.4) is 0 Å². The molecular weight excluding hydrogens is 465 g/mol. The summed E-state index contributed by atoms with van der Waals surface area (Å²) in [6.07, 6.45) is 1.60. The lowest BCUT2D eigenvalue weighted by Gasteiger charge is -2.40. The number of sulfonamides is 1. The number of nitrogens with zero attached hydrogens (tertiary/aromatic N) is 1. The minimum Gasteiger partial charge on any atom is -0.478 e. The lowest BCUT2D eigenvalue weighted by molar-refractivity contribution is -0.133. The number of carboxylic acids is 1. The highest BCUT2D eigenvalue weighted by Gasteiger charge is 2.44. The van der Waals surface area contributed by atoms with E-state index in [-0.39, 0.29) is 16.9 Å². The summed E-state index contributed by atoms with van der Waals surface area (Å²) >= 11 is 6.02. The van der Waals surface area contributed by atoms with Gasteiger partial charge < -0.3 is 5.11 Å². The summed E-state index contributed by atoms with van der Waals surface area (Å²) in [5.41, 5.74) is 1.70. The van der Waals surface area contributed by atoms with Crippen LogP contribution in [0, 0.1) is 12.7 Å².